The van der Waals surface area contributed by atoms with Crippen LogP contribution in [0, 0.1) is 23.7 Å². The van der Waals surface area contributed by atoms with Gasteiger partial charge in [-0.3, -0.25) is 37.3 Å². The van der Waals surface area contributed by atoms with Crippen molar-refractivity contribution in [2.45, 2.75) is 395 Å². The molecule has 0 rings (SSSR count). The number of hydrogen-bond acceptors (Lipinski definition) is 15. The van der Waals surface area contributed by atoms with Gasteiger partial charge in [0.1, 0.15) is 19.3 Å². The van der Waals surface area contributed by atoms with E-state index in [0.717, 1.165) is 120 Å². The van der Waals surface area contributed by atoms with Gasteiger partial charge in [-0.15, -0.1) is 0 Å². The second kappa shape index (κ2) is 64.4. The first-order valence-electron chi connectivity index (χ1n) is 38.7. The third-order valence-corrected chi connectivity index (χ3v) is 19.6. The van der Waals surface area contributed by atoms with E-state index < -0.39 is 97.5 Å². The third kappa shape index (κ3) is 67.3. The molecule has 3 N–H and O–H groups in total. The number of aliphatic hydroxyl groups excluding tert-OH is 1. The second-order valence-electron chi connectivity index (χ2n) is 28.7. The number of rotatable bonds is 72. The van der Waals surface area contributed by atoms with Crippen molar-refractivity contribution < 1.29 is 80.2 Å². The number of carbonyl (C=O) groups excluding carboxylic acids is 4. The summed E-state index contributed by atoms with van der Waals surface area (Å²) in [5.41, 5.74) is 0. The second-order valence-corrected chi connectivity index (χ2v) is 31.6. The summed E-state index contributed by atoms with van der Waals surface area (Å²) in [5, 5.41) is 10.6. The van der Waals surface area contributed by atoms with Gasteiger partial charge >= 0.3 is 39.5 Å². The normalized spacial score (nSPS) is 14.4. The molecule has 19 heteroatoms. The first-order valence-corrected chi connectivity index (χ1v) is 41.7. The summed E-state index contributed by atoms with van der Waals surface area (Å²) in [6, 6.07) is 0. The summed E-state index contributed by atoms with van der Waals surface area (Å²) in [7, 11) is -9.91. The van der Waals surface area contributed by atoms with Gasteiger partial charge in [0.15, 0.2) is 12.2 Å². The van der Waals surface area contributed by atoms with Crippen molar-refractivity contribution in [3.8, 4) is 0 Å². The number of hydrogen-bond donors (Lipinski definition) is 3. The molecule has 0 aromatic carbocycles. The van der Waals surface area contributed by atoms with E-state index in [9.17, 15) is 43.2 Å². The van der Waals surface area contributed by atoms with Crippen LogP contribution in [0.4, 0.5) is 0 Å². The predicted molar refractivity (Wildman–Crippen MR) is 381 cm³/mol. The van der Waals surface area contributed by atoms with Crippen molar-refractivity contribution >= 4 is 39.5 Å². The van der Waals surface area contributed by atoms with Gasteiger partial charge in [0.2, 0.25) is 0 Å². The molecule has 0 amide bonds. The van der Waals surface area contributed by atoms with Gasteiger partial charge in [-0.05, 0) is 49.4 Å². The van der Waals surface area contributed by atoms with Crippen LogP contribution in [0.15, 0.2) is 0 Å². The first kappa shape index (κ1) is 92.1. The van der Waals surface area contributed by atoms with Crippen molar-refractivity contribution in [3.05, 3.63) is 0 Å². The Bertz CT molecular complexity index is 1850. The Morgan fingerprint density at radius 1 is 0.298 bits per heavy atom. The van der Waals surface area contributed by atoms with Gasteiger partial charge in [0, 0.05) is 25.7 Å². The lowest BCUT2D eigenvalue weighted by molar-refractivity contribution is -0.161. The number of carbonyl (C=O) groups is 4. The topological polar surface area (TPSA) is 237 Å². The highest BCUT2D eigenvalue weighted by Gasteiger charge is 2.30. The quantitative estimate of drug-likeness (QED) is 0.0222. The van der Waals surface area contributed by atoms with Crippen molar-refractivity contribution in [1.29, 1.82) is 0 Å². The summed E-state index contributed by atoms with van der Waals surface area (Å²) >= 11 is 0. The molecule has 0 saturated heterocycles. The molecule has 6 atom stereocenters. The van der Waals surface area contributed by atoms with Gasteiger partial charge in [0.05, 0.1) is 26.4 Å². The number of ether oxygens (including phenoxy) is 4. The van der Waals surface area contributed by atoms with Crippen LogP contribution >= 0.6 is 15.6 Å². The molecule has 0 bridgehead atoms. The molecular weight excluding hydrogens is 1230 g/mol. The van der Waals surface area contributed by atoms with Gasteiger partial charge in [-0.25, -0.2) is 9.13 Å². The highest BCUT2D eigenvalue weighted by atomic mass is 31.2. The van der Waals surface area contributed by atoms with Gasteiger partial charge in [-0.1, -0.05) is 325 Å². The van der Waals surface area contributed by atoms with Gasteiger partial charge < -0.3 is 33.8 Å². The van der Waals surface area contributed by atoms with E-state index in [-0.39, 0.29) is 25.7 Å². The van der Waals surface area contributed by atoms with Gasteiger partial charge in [-0.2, -0.15) is 0 Å². The summed E-state index contributed by atoms with van der Waals surface area (Å²) in [5.74, 6) is 0.911. The molecule has 94 heavy (non-hydrogen) atoms. The lowest BCUT2D eigenvalue weighted by Crippen LogP contribution is -2.30. The Labute approximate surface area is 575 Å². The van der Waals surface area contributed by atoms with E-state index in [1.165, 1.54) is 173 Å². The molecule has 558 valence electrons. The number of aliphatic hydroxyl groups is 1. The highest BCUT2D eigenvalue weighted by Crippen LogP contribution is 2.45. The zero-order valence-electron chi connectivity index (χ0n) is 61.6. The highest BCUT2D eigenvalue weighted by molar-refractivity contribution is 7.47. The maximum Gasteiger partial charge on any atom is 0.472 e. The molecule has 0 aliphatic rings. The van der Waals surface area contributed by atoms with E-state index in [4.69, 9.17) is 37.0 Å². The molecule has 0 aliphatic heterocycles. The van der Waals surface area contributed by atoms with E-state index in [2.05, 4.69) is 55.4 Å². The summed E-state index contributed by atoms with van der Waals surface area (Å²) in [4.78, 5) is 72.7. The van der Waals surface area contributed by atoms with Crippen molar-refractivity contribution in [2.75, 3.05) is 39.6 Å². The fourth-order valence-corrected chi connectivity index (χ4v) is 12.9. The lowest BCUT2D eigenvalue weighted by atomic mass is 10.00. The molecule has 0 spiro atoms. The molecule has 3 unspecified atom stereocenters. The molecule has 0 fully saturated rings. The number of phosphoric ester groups is 2. The Morgan fingerprint density at radius 3 is 0.755 bits per heavy atom. The van der Waals surface area contributed by atoms with E-state index in [0.29, 0.717) is 25.7 Å². The predicted octanol–water partition coefficient (Wildman–Crippen LogP) is 21.7. The summed E-state index contributed by atoms with van der Waals surface area (Å²) < 4.78 is 68.5. The Balaban J connectivity index is 5.24. The molecule has 0 aromatic rings. The van der Waals surface area contributed by atoms with Crippen LogP contribution in [0.2, 0.25) is 0 Å². The summed E-state index contributed by atoms with van der Waals surface area (Å²) in [6.45, 7) is 14.2. The van der Waals surface area contributed by atoms with E-state index in [1.807, 2.05) is 0 Å². The SMILES string of the molecule is CCC(C)CCCCCCCCC(=O)OC[C@H](COP(=O)(O)OC[C@H](O)COP(=O)(O)OC[C@@H](COC(=O)CCCCCCCCCCCCC(C)C)OC(=O)CCCCCCCCCCCCCCCCCCC(C)C)OC(=O)CCCCCCCCCCCC(C)C. The van der Waals surface area contributed by atoms with Gasteiger partial charge in [0.25, 0.3) is 0 Å². The monoisotopic (exact) mass is 1380 g/mol. The maximum absolute atomic E-state index is 13.1. The van der Waals surface area contributed by atoms with Crippen molar-refractivity contribution in [1.82, 2.24) is 0 Å². The standard InChI is InChI=1S/C75H146O17P2/c1-9-68(8)54-46-38-33-34-40-48-56-73(78)86-62-71(92-75(80)58-50-42-32-26-20-23-29-37-45-53-67(6)7)64-90-94(83,84)88-60-69(76)59-87-93(81,82)89-63-70(61-85-72(77)55-47-39-30-24-19-18-22-28-36-44-52-66(4)5)91-74(79)57-49-41-31-25-17-15-13-11-10-12-14-16-21-27-35-43-51-65(2)3/h65-71,76H,9-64H2,1-8H3,(H,81,82)(H,83,84)/t68?,69-,70-,71-/m1/s1. The number of esters is 4. The van der Waals surface area contributed by atoms with E-state index >= 15 is 0 Å². The van der Waals surface area contributed by atoms with Crippen LogP contribution in [0.25, 0.3) is 0 Å². The van der Waals surface area contributed by atoms with Crippen molar-refractivity contribution in [3.63, 3.8) is 0 Å². The molecule has 17 nitrogen and oxygen atoms in total. The van der Waals surface area contributed by atoms with Crippen LogP contribution in [-0.2, 0) is 65.4 Å². The van der Waals surface area contributed by atoms with Crippen molar-refractivity contribution in [2.24, 2.45) is 23.7 Å². The third-order valence-electron chi connectivity index (χ3n) is 17.7. The number of phosphoric acid groups is 2. The van der Waals surface area contributed by atoms with E-state index in [1.54, 1.807) is 0 Å². The Hall–Kier alpha value is -1.94. The zero-order chi connectivity index (χ0) is 69.6. The minimum atomic E-state index is -4.96. The molecule has 0 heterocycles. The maximum atomic E-state index is 13.1. The van der Waals surface area contributed by atoms with Crippen LogP contribution in [0.3, 0.4) is 0 Å². The summed E-state index contributed by atoms with van der Waals surface area (Å²) in [6.07, 6.45) is 48.6. The zero-order valence-corrected chi connectivity index (χ0v) is 63.4. The molecule has 0 radical (unpaired) electrons. The molecule has 0 aliphatic carbocycles. The molecular formula is C75H146O17P2. The minimum Gasteiger partial charge on any atom is -0.462 e. The fourth-order valence-electron chi connectivity index (χ4n) is 11.3. The molecule has 0 saturated carbocycles. The lowest BCUT2D eigenvalue weighted by Gasteiger charge is -2.21. The van der Waals surface area contributed by atoms with Crippen LogP contribution in [-0.4, -0.2) is 96.7 Å². The largest absolute Gasteiger partial charge is 0.472 e. The first-order chi connectivity index (χ1) is 45.1. The number of unbranched alkanes of at least 4 members (excludes halogenated alkanes) is 37. The van der Waals surface area contributed by atoms with Crippen LogP contribution < -0.4 is 0 Å². The minimum absolute atomic E-state index is 0.104. The average Bonchev–Trinajstić information content (AvgIpc) is 1.24. The Kier molecular flexibility index (Phi) is 63.1. The Morgan fingerprint density at radius 2 is 0.511 bits per heavy atom. The van der Waals surface area contributed by atoms with Crippen LogP contribution in [0.5, 0.6) is 0 Å². The average molecular weight is 1380 g/mol. The smallest absolute Gasteiger partial charge is 0.462 e. The molecule has 0 aromatic heterocycles. The fraction of sp³-hybridized carbons (Fsp3) is 0.947. The van der Waals surface area contributed by atoms with Crippen LogP contribution in [0.1, 0.15) is 376 Å².